The summed E-state index contributed by atoms with van der Waals surface area (Å²) in [7, 11) is 0. The first-order valence-corrected chi connectivity index (χ1v) is 13.4. The molecule has 12 heteroatoms. The second-order valence-corrected chi connectivity index (χ2v) is 10.2. The van der Waals surface area contributed by atoms with Crippen LogP contribution in [0.3, 0.4) is 0 Å². The van der Waals surface area contributed by atoms with Gasteiger partial charge in [-0.15, -0.1) is 0 Å². The summed E-state index contributed by atoms with van der Waals surface area (Å²) in [4.78, 5) is 61.7. The summed E-state index contributed by atoms with van der Waals surface area (Å²) in [5.74, 6) is -1.60. The largest absolute Gasteiger partial charge is 0.426 e. The first-order chi connectivity index (χ1) is 18.5. The van der Waals surface area contributed by atoms with Crippen molar-refractivity contribution in [3.8, 4) is 5.75 Å². The Balaban J connectivity index is 1.52. The number of carbonyl (C=O) groups is 4. The molecule has 1 fully saturated rings. The summed E-state index contributed by atoms with van der Waals surface area (Å²) < 4.78 is 5.41. The van der Waals surface area contributed by atoms with Crippen molar-refractivity contribution in [2.45, 2.75) is 52.4 Å². The molecule has 0 spiro atoms. The number of non-ortho nitro benzene ring substituents is 1. The number of nitro benzene ring substituents is 1. The molecule has 39 heavy (non-hydrogen) atoms. The van der Waals surface area contributed by atoms with Gasteiger partial charge in [-0.2, -0.15) is 0 Å². The lowest BCUT2D eigenvalue weighted by Gasteiger charge is -2.17. The van der Waals surface area contributed by atoms with Gasteiger partial charge in [0.15, 0.2) is 0 Å². The zero-order chi connectivity index (χ0) is 28.7. The normalized spacial score (nSPS) is 15.8. The quantitative estimate of drug-likeness (QED) is 0.0810. The van der Waals surface area contributed by atoms with E-state index in [9.17, 15) is 29.3 Å². The molecule has 0 aromatic heterocycles. The van der Waals surface area contributed by atoms with Crippen LogP contribution in [0.25, 0.3) is 0 Å². The van der Waals surface area contributed by atoms with Gasteiger partial charge in [0.25, 0.3) is 11.6 Å². The van der Waals surface area contributed by atoms with Crippen LogP contribution >= 0.6 is 23.2 Å². The van der Waals surface area contributed by atoms with Crippen molar-refractivity contribution in [2.24, 2.45) is 11.8 Å². The number of likely N-dealkylation sites (tertiary alicyclic amines) is 1. The molecule has 3 amide bonds. The molecule has 0 radical (unpaired) electrons. The molecule has 10 nitrogen and oxygen atoms in total. The van der Waals surface area contributed by atoms with Crippen molar-refractivity contribution in [3.05, 3.63) is 62.1 Å². The molecule has 1 aliphatic heterocycles. The molecule has 1 saturated heterocycles. The van der Waals surface area contributed by atoms with Crippen LogP contribution in [0, 0.1) is 22.0 Å². The highest BCUT2D eigenvalue weighted by atomic mass is 35.5. The number of amides is 3. The number of unbranched alkanes of at least 4 members (excludes halogenated alkanes) is 2. The van der Waals surface area contributed by atoms with Crippen LogP contribution in [-0.4, -0.2) is 40.1 Å². The monoisotopic (exact) mass is 577 g/mol. The number of hydrogen-bond acceptors (Lipinski definition) is 7. The molecule has 0 aliphatic carbocycles. The van der Waals surface area contributed by atoms with Crippen molar-refractivity contribution in [1.29, 1.82) is 0 Å². The Morgan fingerprint density at radius 1 is 1.15 bits per heavy atom. The van der Waals surface area contributed by atoms with Crippen molar-refractivity contribution in [2.75, 3.05) is 11.9 Å². The zero-order valence-electron chi connectivity index (χ0n) is 21.6. The summed E-state index contributed by atoms with van der Waals surface area (Å²) >= 11 is 12.1. The standard InChI is InChI=1S/C27H29Cl2N3O7/c1-3-16(2)19-15-24(33)31(27(19)36)12-6-4-5-7-25(34)39-23-11-8-17(28)13-20(23)26(35)30-22-10-9-18(32(37)38)14-21(22)29/h8-11,13-14,16,19H,3-7,12,15H2,1-2H3,(H,30,35). The topological polar surface area (TPSA) is 136 Å². The van der Waals surface area contributed by atoms with Gasteiger partial charge in [0.1, 0.15) is 5.75 Å². The average molecular weight is 578 g/mol. The summed E-state index contributed by atoms with van der Waals surface area (Å²) in [5.41, 5.74) is -0.119. The molecule has 2 unspecified atom stereocenters. The minimum absolute atomic E-state index is 0.00993. The fraction of sp³-hybridized carbons (Fsp3) is 0.407. The van der Waals surface area contributed by atoms with Gasteiger partial charge >= 0.3 is 5.97 Å². The Labute approximate surface area is 235 Å². The smallest absolute Gasteiger partial charge is 0.311 e. The van der Waals surface area contributed by atoms with E-state index in [4.69, 9.17) is 27.9 Å². The van der Waals surface area contributed by atoms with Gasteiger partial charge in [-0.05, 0) is 43.0 Å². The highest BCUT2D eigenvalue weighted by molar-refractivity contribution is 6.34. The number of ether oxygens (including phenoxy) is 1. The van der Waals surface area contributed by atoms with E-state index < -0.39 is 16.8 Å². The minimum Gasteiger partial charge on any atom is -0.426 e. The van der Waals surface area contributed by atoms with Gasteiger partial charge in [-0.3, -0.25) is 34.2 Å². The van der Waals surface area contributed by atoms with Crippen LogP contribution in [-0.2, 0) is 14.4 Å². The molecule has 1 heterocycles. The van der Waals surface area contributed by atoms with Crippen LogP contribution in [0.15, 0.2) is 36.4 Å². The number of anilines is 1. The van der Waals surface area contributed by atoms with Crippen molar-refractivity contribution < 1.29 is 28.8 Å². The Bertz CT molecular complexity index is 1280. The second kappa shape index (κ2) is 13.5. The lowest BCUT2D eigenvalue weighted by Crippen LogP contribution is -2.32. The van der Waals surface area contributed by atoms with Gasteiger partial charge in [0, 0.05) is 42.5 Å². The SMILES string of the molecule is CCC(C)C1CC(=O)N(CCCCCC(=O)Oc2ccc(Cl)cc2C(=O)Nc2ccc([N+](=O)[O-])cc2Cl)C1=O. The Morgan fingerprint density at radius 2 is 1.90 bits per heavy atom. The van der Waals surface area contributed by atoms with Crippen LogP contribution in [0.5, 0.6) is 5.75 Å². The van der Waals surface area contributed by atoms with Crippen molar-refractivity contribution >= 4 is 58.3 Å². The van der Waals surface area contributed by atoms with Gasteiger partial charge in [0.05, 0.1) is 21.2 Å². The van der Waals surface area contributed by atoms with E-state index in [0.717, 1.165) is 12.5 Å². The van der Waals surface area contributed by atoms with Crippen LogP contribution in [0.1, 0.15) is 62.7 Å². The summed E-state index contributed by atoms with van der Waals surface area (Å²) in [6.07, 6.45) is 2.80. The first-order valence-electron chi connectivity index (χ1n) is 12.6. The molecule has 2 atom stereocenters. The molecule has 0 saturated carbocycles. The minimum atomic E-state index is -0.674. The molecule has 0 bridgehead atoms. The Morgan fingerprint density at radius 3 is 2.56 bits per heavy atom. The van der Waals surface area contributed by atoms with Gasteiger partial charge in [0.2, 0.25) is 11.8 Å². The molecular formula is C27H29Cl2N3O7. The average Bonchev–Trinajstić information content (AvgIpc) is 3.18. The number of hydrogen-bond donors (Lipinski definition) is 1. The second-order valence-electron chi connectivity index (χ2n) is 9.38. The predicted octanol–water partition coefficient (Wildman–Crippen LogP) is 6.04. The number of imide groups is 1. The number of halogens is 2. The Kier molecular flexibility index (Phi) is 10.4. The van der Waals surface area contributed by atoms with Crippen LogP contribution < -0.4 is 10.1 Å². The first kappa shape index (κ1) is 30.0. The maximum absolute atomic E-state index is 12.9. The van der Waals surface area contributed by atoms with Gasteiger partial charge < -0.3 is 10.1 Å². The predicted molar refractivity (Wildman–Crippen MR) is 146 cm³/mol. The van der Waals surface area contributed by atoms with Crippen molar-refractivity contribution in [3.63, 3.8) is 0 Å². The fourth-order valence-electron chi connectivity index (χ4n) is 4.24. The van der Waals surface area contributed by atoms with E-state index in [0.29, 0.717) is 25.8 Å². The highest BCUT2D eigenvalue weighted by Crippen LogP contribution is 2.30. The van der Waals surface area contributed by atoms with E-state index >= 15 is 0 Å². The molecule has 1 N–H and O–H groups in total. The molecular weight excluding hydrogens is 549 g/mol. The Hall–Kier alpha value is -3.50. The summed E-state index contributed by atoms with van der Waals surface area (Å²) in [6, 6.07) is 7.79. The number of nitrogens with zero attached hydrogens (tertiary/aromatic N) is 2. The lowest BCUT2D eigenvalue weighted by atomic mass is 9.90. The molecule has 2 aromatic carbocycles. The van der Waals surface area contributed by atoms with Crippen LogP contribution in [0.4, 0.5) is 11.4 Å². The maximum atomic E-state index is 12.9. The number of rotatable bonds is 12. The third-order valence-corrected chi connectivity index (χ3v) is 7.24. The molecule has 208 valence electrons. The van der Waals surface area contributed by atoms with Crippen LogP contribution in [0.2, 0.25) is 10.0 Å². The van der Waals surface area contributed by atoms with E-state index in [2.05, 4.69) is 5.32 Å². The molecule has 1 aliphatic rings. The summed E-state index contributed by atoms with van der Waals surface area (Å²) in [5, 5.41) is 13.6. The number of carbonyl (C=O) groups excluding carboxylic acids is 4. The van der Waals surface area contributed by atoms with E-state index in [-0.39, 0.29) is 69.2 Å². The molecule has 3 rings (SSSR count). The third-order valence-electron chi connectivity index (χ3n) is 6.69. The number of benzene rings is 2. The number of esters is 1. The van der Waals surface area contributed by atoms with Gasteiger partial charge in [-0.25, -0.2) is 0 Å². The summed E-state index contributed by atoms with van der Waals surface area (Å²) in [6.45, 7) is 4.30. The number of nitro groups is 1. The highest BCUT2D eigenvalue weighted by Gasteiger charge is 2.40. The van der Waals surface area contributed by atoms with Gasteiger partial charge in [-0.1, -0.05) is 49.9 Å². The number of nitrogens with one attached hydrogen (secondary N) is 1. The lowest BCUT2D eigenvalue weighted by molar-refractivity contribution is -0.384. The van der Waals surface area contributed by atoms with Crippen molar-refractivity contribution in [1.82, 2.24) is 4.90 Å². The van der Waals surface area contributed by atoms with E-state index in [1.807, 2.05) is 13.8 Å². The zero-order valence-corrected chi connectivity index (χ0v) is 23.1. The molecule has 2 aromatic rings. The van der Waals surface area contributed by atoms with E-state index in [1.165, 1.54) is 35.2 Å². The third kappa shape index (κ3) is 7.77. The fourth-order valence-corrected chi connectivity index (χ4v) is 4.63. The maximum Gasteiger partial charge on any atom is 0.311 e. The van der Waals surface area contributed by atoms with E-state index in [1.54, 1.807) is 0 Å².